The summed E-state index contributed by atoms with van der Waals surface area (Å²) in [5, 5.41) is 7.12. The summed E-state index contributed by atoms with van der Waals surface area (Å²) in [6.07, 6.45) is -0.0953. The molecule has 2 aromatic carbocycles. The topological polar surface area (TPSA) is 70.1 Å². The number of hydrogen-bond donors (Lipinski definition) is 1. The summed E-state index contributed by atoms with van der Waals surface area (Å²) in [7, 11) is 1.65. The molecule has 198 valence electrons. The molecular formula is C28H31F3N2O4. The molecule has 2 saturated heterocycles. The van der Waals surface area contributed by atoms with Gasteiger partial charge in [-0.2, -0.15) is 13.2 Å². The summed E-state index contributed by atoms with van der Waals surface area (Å²) in [6.45, 7) is 5.35. The van der Waals surface area contributed by atoms with Gasteiger partial charge in [0.2, 0.25) is 0 Å². The van der Waals surface area contributed by atoms with Crippen molar-refractivity contribution in [2.24, 2.45) is 5.92 Å². The predicted octanol–water partition coefficient (Wildman–Crippen LogP) is 4.68. The molecule has 9 heteroatoms. The van der Waals surface area contributed by atoms with Crippen LogP contribution in [0.4, 0.5) is 13.2 Å². The van der Waals surface area contributed by atoms with Gasteiger partial charge in [-0.15, -0.1) is 0 Å². The van der Waals surface area contributed by atoms with Crippen LogP contribution in [0.5, 0.6) is 5.75 Å². The van der Waals surface area contributed by atoms with Gasteiger partial charge in [-0.25, -0.2) is 4.79 Å². The average molecular weight is 517 g/mol. The number of hydrogen-bond acceptors (Lipinski definition) is 4. The van der Waals surface area contributed by atoms with Crippen molar-refractivity contribution in [1.29, 1.82) is 0 Å². The number of aliphatic carboxylic acids is 1. The van der Waals surface area contributed by atoms with Gasteiger partial charge in [0.15, 0.2) is 0 Å². The van der Waals surface area contributed by atoms with E-state index in [-0.39, 0.29) is 5.91 Å². The van der Waals surface area contributed by atoms with Gasteiger partial charge in [-0.1, -0.05) is 11.8 Å². The van der Waals surface area contributed by atoms with E-state index in [2.05, 4.69) is 16.7 Å². The van der Waals surface area contributed by atoms with Gasteiger partial charge < -0.3 is 19.6 Å². The first-order valence-corrected chi connectivity index (χ1v) is 12.2. The number of nitrogens with zero attached hydrogens (tertiary/aromatic N) is 2. The molecule has 0 bridgehead atoms. The predicted molar refractivity (Wildman–Crippen MR) is 133 cm³/mol. The number of methoxy groups -OCH3 is 1. The molecule has 1 unspecified atom stereocenters. The zero-order chi connectivity index (χ0) is 26.8. The van der Waals surface area contributed by atoms with E-state index < -0.39 is 12.1 Å². The van der Waals surface area contributed by atoms with Gasteiger partial charge in [0, 0.05) is 36.3 Å². The Morgan fingerprint density at radius 2 is 1.49 bits per heavy atom. The van der Waals surface area contributed by atoms with Gasteiger partial charge >= 0.3 is 12.1 Å². The monoisotopic (exact) mass is 516 g/mol. The first kappa shape index (κ1) is 28.1. The maximum Gasteiger partial charge on any atom is 0.490 e. The van der Waals surface area contributed by atoms with Crippen molar-refractivity contribution in [3.63, 3.8) is 0 Å². The lowest BCUT2D eigenvalue weighted by molar-refractivity contribution is -0.192. The summed E-state index contributed by atoms with van der Waals surface area (Å²) < 4.78 is 36.9. The lowest BCUT2D eigenvalue weighted by Gasteiger charge is -2.34. The fourth-order valence-corrected chi connectivity index (χ4v) is 4.43. The number of ether oxygens (including phenoxy) is 1. The van der Waals surface area contributed by atoms with Crippen LogP contribution >= 0.6 is 0 Å². The molecule has 0 aliphatic carbocycles. The minimum Gasteiger partial charge on any atom is -0.497 e. The Bertz CT molecular complexity index is 1100. The van der Waals surface area contributed by atoms with E-state index in [1.54, 1.807) is 7.11 Å². The van der Waals surface area contributed by atoms with E-state index in [4.69, 9.17) is 14.6 Å². The lowest BCUT2D eigenvalue weighted by Crippen LogP contribution is -2.43. The van der Waals surface area contributed by atoms with Gasteiger partial charge in [0.1, 0.15) is 5.75 Å². The molecule has 1 amide bonds. The normalized spacial score (nSPS) is 17.7. The first-order chi connectivity index (χ1) is 17.7. The molecule has 37 heavy (non-hydrogen) atoms. The van der Waals surface area contributed by atoms with Crippen molar-refractivity contribution < 1.29 is 32.6 Å². The number of likely N-dealkylation sites (tertiary alicyclic amines) is 2. The van der Waals surface area contributed by atoms with E-state index in [9.17, 15) is 18.0 Å². The Balaban J connectivity index is 0.000000479. The number of rotatable bonds is 4. The summed E-state index contributed by atoms with van der Waals surface area (Å²) in [5.74, 6) is 5.15. The molecule has 2 fully saturated rings. The lowest BCUT2D eigenvalue weighted by atomic mass is 9.96. The summed E-state index contributed by atoms with van der Waals surface area (Å²) in [4.78, 5) is 26.5. The van der Waals surface area contributed by atoms with Crippen LogP contribution in [0.15, 0.2) is 48.5 Å². The number of alkyl halides is 3. The molecule has 4 rings (SSSR count). The Morgan fingerprint density at radius 3 is 2.00 bits per heavy atom. The largest absolute Gasteiger partial charge is 0.497 e. The van der Waals surface area contributed by atoms with Crippen molar-refractivity contribution in [1.82, 2.24) is 9.80 Å². The number of benzene rings is 2. The summed E-state index contributed by atoms with van der Waals surface area (Å²) >= 11 is 0. The highest BCUT2D eigenvalue weighted by molar-refractivity contribution is 5.94. The van der Waals surface area contributed by atoms with E-state index in [1.165, 1.54) is 32.4 Å². The highest BCUT2D eigenvalue weighted by Crippen LogP contribution is 2.22. The standard InChI is InChI=1S/C26H30N2O2.C2HF3O2/c1-30-25-14-10-22(11-15-25)7-6-21-8-12-24(13-9-21)26(29)28-18-4-5-23(20-28)19-27-16-2-3-17-27;3-2(4,5)1(6)7/h8-15,23H,2-5,16-20H2,1H3;(H,6,7). The van der Waals surface area contributed by atoms with Crippen molar-refractivity contribution in [3.8, 4) is 17.6 Å². The fourth-order valence-electron chi connectivity index (χ4n) is 4.43. The van der Waals surface area contributed by atoms with E-state index in [1.807, 2.05) is 53.4 Å². The van der Waals surface area contributed by atoms with E-state index in [0.717, 1.165) is 48.5 Å². The minimum absolute atomic E-state index is 0.149. The Hall–Kier alpha value is -3.51. The van der Waals surface area contributed by atoms with Crippen LogP contribution in [0.25, 0.3) is 0 Å². The average Bonchev–Trinajstić information content (AvgIpc) is 3.40. The van der Waals surface area contributed by atoms with Crippen molar-refractivity contribution in [3.05, 3.63) is 65.2 Å². The van der Waals surface area contributed by atoms with Crippen molar-refractivity contribution >= 4 is 11.9 Å². The SMILES string of the molecule is COc1ccc(C#Cc2ccc(C(=O)N3CCCC(CN4CCCC4)C3)cc2)cc1.O=C(O)C(F)(F)F. The third-order valence-corrected chi connectivity index (χ3v) is 6.34. The van der Waals surface area contributed by atoms with E-state index in [0.29, 0.717) is 5.92 Å². The van der Waals surface area contributed by atoms with Gasteiger partial charge in [0.05, 0.1) is 7.11 Å². The molecule has 2 heterocycles. The third kappa shape index (κ3) is 8.83. The maximum absolute atomic E-state index is 13.0. The molecule has 0 spiro atoms. The number of halogens is 3. The van der Waals surface area contributed by atoms with Crippen LogP contribution in [0.2, 0.25) is 0 Å². The molecular weight excluding hydrogens is 485 g/mol. The molecule has 0 saturated carbocycles. The molecule has 2 aromatic rings. The second kappa shape index (κ2) is 13.2. The highest BCUT2D eigenvalue weighted by atomic mass is 19.4. The highest BCUT2D eigenvalue weighted by Gasteiger charge is 2.38. The minimum atomic E-state index is -5.08. The fraction of sp³-hybridized carbons (Fsp3) is 0.429. The summed E-state index contributed by atoms with van der Waals surface area (Å²) in [5.41, 5.74) is 2.60. The molecule has 6 nitrogen and oxygen atoms in total. The number of carboxylic acids is 1. The number of amides is 1. The zero-order valence-corrected chi connectivity index (χ0v) is 20.8. The van der Waals surface area contributed by atoms with Crippen LogP contribution in [0, 0.1) is 17.8 Å². The molecule has 0 aromatic heterocycles. The van der Waals surface area contributed by atoms with Crippen LogP contribution in [0.1, 0.15) is 47.2 Å². The quantitative estimate of drug-likeness (QED) is 0.598. The Kier molecular flexibility index (Phi) is 9.98. The number of carbonyl (C=O) groups excluding carboxylic acids is 1. The third-order valence-electron chi connectivity index (χ3n) is 6.34. The van der Waals surface area contributed by atoms with Crippen LogP contribution in [-0.2, 0) is 4.79 Å². The number of carbonyl (C=O) groups is 2. The number of piperidine rings is 1. The van der Waals surface area contributed by atoms with Gasteiger partial charge in [0.25, 0.3) is 5.91 Å². The number of carboxylic acid groups (broad SMARTS) is 1. The van der Waals surface area contributed by atoms with Gasteiger partial charge in [-0.3, -0.25) is 4.79 Å². The first-order valence-electron chi connectivity index (χ1n) is 12.2. The Labute approximate surface area is 215 Å². The van der Waals surface area contributed by atoms with Crippen molar-refractivity contribution in [2.45, 2.75) is 31.9 Å². The Morgan fingerprint density at radius 1 is 0.946 bits per heavy atom. The smallest absolute Gasteiger partial charge is 0.490 e. The van der Waals surface area contributed by atoms with Crippen LogP contribution < -0.4 is 4.74 Å². The van der Waals surface area contributed by atoms with Crippen LogP contribution in [0.3, 0.4) is 0 Å². The molecule has 0 radical (unpaired) electrons. The van der Waals surface area contributed by atoms with Crippen LogP contribution in [-0.4, -0.2) is 72.8 Å². The second-order valence-electron chi connectivity index (χ2n) is 9.13. The van der Waals surface area contributed by atoms with Gasteiger partial charge in [-0.05, 0) is 93.2 Å². The molecule has 1 N–H and O–H groups in total. The summed E-state index contributed by atoms with van der Waals surface area (Å²) in [6, 6.07) is 15.4. The maximum atomic E-state index is 13.0. The molecule has 1 atom stereocenters. The molecule has 2 aliphatic rings. The second-order valence-corrected chi connectivity index (χ2v) is 9.13. The zero-order valence-electron chi connectivity index (χ0n) is 20.8. The molecule has 2 aliphatic heterocycles. The van der Waals surface area contributed by atoms with E-state index >= 15 is 0 Å². The van der Waals surface area contributed by atoms with Crippen molar-refractivity contribution in [2.75, 3.05) is 39.8 Å².